The van der Waals surface area contributed by atoms with Gasteiger partial charge in [0.1, 0.15) is 5.82 Å². The normalized spacial score (nSPS) is 14.3. The zero-order valence-corrected chi connectivity index (χ0v) is 17.6. The maximum Gasteiger partial charge on any atom is 0.162 e. The summed E-state index contributed by atoms with van der Waals surface area (Å²) >= 11 is 0. The van der Waals surface area contributed by atoms with Gasteiger partial charge in [0, 0.05) is 48.2 Å². The van der Waals surface area contributed by atoms with E-state index in [-0.39, 0.29) is 5.82 Å². The molecule has 6 heteroatoms. The molecule has 3 aromatic heterocycles. The van der Waals surface area contributed by atoms with Crippen LogP contribution in [-0.2, 0) is 0 Å². The number of para-hydroxylation sites is 1. The van der Waals surface area contributed by atoms with Crippen molar-refractivity contribution in [2.24, 2.45) is 0 Å². The minimum Gasteiger partial charge on any atom is -0.369 e. The van der Waals surface area contributed by atoms with Crippen molar-refractivity contribution in [1.82, 2.24) is 19.6 Å². The fraction of sp³-hybridized carbons (Fsp3) is 0.192. The maximum absolute atomic E-state index is 14.9. The molecule has 0 radical (unpaired) electrons. The van der Waals surface area contributed by atoms with Crippen LogP contribution in [0.5, 0.6) is 0 Å². The highest BCUT2D eigenvalue weighted by molar-refractivity contribution is 5.97. The first kappa shape index (κ1) is 18.9. The largest absolute Gasteiger partial charge is 0.369 e. The van der Waals surface area contributed by atoms with Gasteiger partial charge in [-0.25, -0.2) is 13.9 Å². The van der Waals surface area contributed by atoms with Crippen LogP contribution in [-0.4, -0.2) is 32.7 Å². The zero-order valence-electron chi connectivity index (χ0n) is 17.6. The van der Waals surface area contributed by atoms with Gasteiger partial charge in [0.05, 0.1) is 17.4 Å². The van der Waals surface area contributed by atoms with E-state index < -0.39 is 0 Å². The van der Waals surface area contributed by atoms with Crippen LogP contribution in [0.2, 0.25) is 0 Å². The second kappa shape index (κ2) is 7.71. The van der Waals surface area contributed by atoms with E-state index >= 15 is 0 Å². The highest BCUT2D eigenvalue weighted by atomic mass is 19.1. The van der Waals surface area contributed by atoms with E-state index in [0.29, 0.717) is 5.69 Å². The summed E-state index contributed by atoms with van der Waals surface area (Å²) in [5, 5.41) is 5.59. The molecule has 0 atom stereocenters. The Balaban J connectivity index is 1.38. The van der Waals surface area contributed by atoms with E-state index in [4.69, 9.17) is 0 Å². The average Bonchev–Trinajstić information content (AvgIpc) is 3.27. The Morgan fingerprint density at radius 1 is 0.812 bits per heavy atom. The van der Waals surface area contributed by atoms with Crippen LogP contribution < -0.4 is 4.90 Å². The maximum atomic E-state index is 14.9. The van der Waals surface area contributed by atoms with Gasteiger partial charge in [0.2, 0.25) is 0 Å². The van der Waals surface area contributed by atoms with Crippen LogP contribution in [0.4, 0.5) is 10.1 Å². The Morgan fingerprint density at radius 3 is 2.56 bits per heavy atom. The summed E-state index contributed by atoms with van der Waals surface area (Å²) in [6, 6.07) is 15.5. The van der Waals surface area contributed by atoms with Crippen molar-refractivity contribution in [3.05, 3.63) is 79.1 Å². The molecule has 158 valence electrons. The van der Waals surface area contributed by atoms with Gasteiger partial charge in [0.15, 0.2) is 5.65 Å². The van der Waals surface area contributed by atoms with Crippen LogP contribution in [0.1, 0.15) is 19.3 Å². The lowest BCUT2D eigenvalue weighted by molar-refractivity contribution is 0.557. The number of aromatic nitrogens is 4. The number of fused-ring (bicyclic) bond motifs is 2. The smallest absolute Gasteiger partial charge is 0.162 e. The molecule has 1 fully saturated rings. The molecule has 1 aliphatic rings. The first-order valence-electron chi connectivity index (χ1n) is 11.0. The molecule has 1 saturated heterocycles. The number of pyridine rings is 1. The summed E-state index contributed by atoms with van der Waals surface area (Å²) in [5.41, 5.74) is 6.00. The number of benzene rings is 2. The van der Waals surface area contributed by atoms with Crippen molar-refractivity contribution in [3.63, 3.8) is 0 Å². The topological polar surface area (TPSA) is 46.3 Å². The Bertz CT molecular complexity index is 1430. The first-order valence-corrected chi connectivity index (χ1v) is 11.0. The van der Waals surface area contributed by atoms with E-state index in [1.165, 1.54) is 6.42 Å². The number of rotatable bonds is 3. The van der Waals surface area contributed by atoms with Crippen molar-refractivity contribution in [3.8, 4) is 22.3 Å². The SMILES string of the molecule is Fc1cc(-c2cnc3c(-c4ccnc5ccccc45)cnn3c2)ccc1N1CCCCC1. The third-order valence-electron chi connectivity index (χ3n) is 6.27. The summed E-state index contributed by atoms with van der Waals surface area (Å²) in [4.78, 5) is 11.3. The van der Waals surface area contributed by atoms with Crippen molar-refractivity contribution in [1.29, 1.82) is 0 Å². The summed E-state index contributed by atoms with van der Waals surface area (Å²) in [6.45, 7) is 1.84. The molecule has 4 heterocycles. The Hall–Kier alpha value is -3.80. The van der Waals surface area contributed by atoms with E-state index in [1.807, 2.05) is 55.0 Å². The van der Waals surface area contributed by atoms with E-state index in [9.17, 15) is 4.39 Å². The highest BCUT2D eigenvalue weighted by Gasteiger charge is 2.16. The molecule has 0 amide bonds. The zero-order chi connectivity index (χ0) is 21.5. The molecule has 0 N–H and O–H groups in total. The van der Waals surface area contributed by atoms with Crippen LogP contribution in [0.25, 0.3) is 38.8 Å². The molecule has 0 spiro atoms. The summed E-state index contributed by atoms with van der Waals surface area (Å²) < 4.78 is 16.7. The van der Waals surface area contributed by atoms with Crippen LogP contribution in [0, 0.1) is 5.82 Å². The third kappa shape index (κ3) is 3.19. The van der Waals surface area contributed by atoms with Crippen LogP contribution in [0.3, 0.4) is 0 Å². The van der Waals surface area contributed by atoms with Crippen molar-refractivity contribution >= 4 is 22.2 Å². The second-order valence-electron chi connectivity index (χ2n) is 8.26. The molecule has 2 aromatic carbocycles. The minimum absolute atomic E-state index is 0.186. The molecule has 0 unspecified atom stereocenters. The van der Waals surface area contributed by atoms with Gasteiger partial charge in [-0.05, 0) is 54.7 Å². The van der Waals surface area contributed by atoms with E-state index in [2.05, 4.69) is 26.0 Å². The number of piperidine rings is 1. The van der Waals surface area contributed by atoms with Gasteiger partial charge in [-0.15, -0.1) is 0 Å². The van der Waals surface area contributed by atoms with Gasteiger partial charge in [-0.1, -0.05) is 24.3 Å². The van der Waals surface area contributed by atoms with E-state index in [1.54, 1.807) is 16.8 Å². The van der Waals surface area contributed by atoms with Crippen molar-refractivity contribution in [2.75, 3.05) is 18.0 Å². The molecule has 0 aliphatic carbocycles. The Morgan fingerprint density at radius 2 is 1.69 bits per heavy atom. The van der Waals surface area contributed by atoms with Crippen LogP contribution >= 0.6 is 0 Å². The molecule has 5 nitrogen and oxygen atoms in total. The summed E-state index contributed by atoms with van der Waals surface area (Å²) in [7, 11) is 0. The molecule has 6 rings (SSSR count). The second-order valence-corrected chi connectivity index (χ2v) is 8.26. The van der Waals surface area contributed by atoms with Gasteiger partial charge in [-0.2, -0.15) is 5.10 Å². The number of halogens is 1. The van der Waals surface area contributed by atoms with Gasteiger partial charge in [0.25, 0.3) is 0 Å². The molecule has 32 heavy (non-hydrogen) atoms. The summed E-state index contributed by atoms with van der Waals surface area (Å²) in [6.07, 6.45) is 10.8. The molecular formula is C26H22FN5. The van der Waals surface area contributed by atoms with Crippen molar-refractivity contribution in [2.45, 2.75) is 19.3 Å². The molecule has 1 aliphatic heterocycles. The van der Waals surface area contributed by atoms with Gasteiger partial charge >= 0.3 is 0 Å². The highest BCUT2D eigenvalue weighted by Crippen LogP contribution is 2.32. The number of nitrogens with zero attached hydrogens (tertiary/aromatic N) is 5. The number of hydrogen-bond donors (Lipinski definition) is 0. The predicted octanol–water partition coefficient (Wildman–Crippen LogP) is 5.74. The molecular weight excluding hydrogens is 401 g/mol. The number of anilines is 1. The fourth-order valence-corrected chi connectivity index (χ4v) is 4.62. The number of hydrogen-bond acceptors (Lipinski definition) is 4. The minimum atomic E-state index is -0.186. The average molecular weight is 423 g/mol. The molecule has 0 bridgehead atoms. The lowest BCUT2D eigenvalue weighted by Crippen LogP contribution is -2.30. The van der Waals surface area contributed by atoms with E-state index in [0.717, 1.165) is 64.7 Å². The predicted molar refractivity (Wildman–Crippen MR) is 125 cm³/mol. The molecule has 0 saturated carbocycles. The van der Waals surface area contributed by atoms with Gasteiger partial charge < -0.3 is 4.90 Å². The van der Waals surface area contributed by atoms with Gasteiger partial charge in [-0.3, -0.25) is 4.98 Å². The third-order valence-corrected chi connectivity index (χ3v) is 6.27. The fourth-order valence-electron chi connectivity index (χ4n) is 4.62. The molecule has 5 aromatic rings. The first-order chi connectivity index (χ1) is 15.8. The standard InChI is InChI=1S/C26H22FN5/c27-23-14-18(8-9-25(23)31-12-4-1-5-13-31)19-15-29-26-22(16-30-32(26)17-19)20-10-11-28-24-7-3-2-6-21(20)24/h2-3,6-11,14-17H,1,4-5,12-13H2. The van der Waals surface area contributed by atoms with Crippen molar-refractivity contribution < 1.29 is 4.39 Å². The quantitative estimate of drug-likeness (QED) is 0.371. The Kier molecular flexibility index (Phi) is 4.56. The monoisotopic (exact) mass is 423 g/mol. The summed E-state index contributed by atoms with van der Waals surface area (Å²) in [5.74, 6) is -0.186. The lowest BCUT2D eigenvalue weighted by atomic mass is 10.0. The lowest BCUT2D eigenvalue weighted by Gasteiger charge is -2.29. The Labute approximate surface area is 185 Å². The van der Waals surface area contributed by atoms with Crippen LogP contribution in [0.15, 0.2) is 73.3 Å².